The number of halogens is 2. The molecule has 0 amide bonds. The van der Waals surface area contributed by atoms with Crippen molar-refractivity contribution < 1.29 is 0 Å². The summed E-state index contributed by atoms with van der Waals surface area (Å²) >= 11 is 12.2. The number of fused-ring (bicyclic) bond motifs is 1. The van der Waals surface area contributed by atoms with Crippen LogP contribution in [-0.2, 0) is 19.5 Å². The Kier molecular flexibility index (Phi) is 3.94. The first-order valence-corrected chi connectivity index (χ1v) is 7.36. The molecule has 4 nitrogen and oxygen atoms in total. The number of hydrogen-bond donors (Lipinski definition) is 0. The molecule has 3 aromatic rings. The van der Waals surface area contributed by atoms with Crippen molar-refractivity contribution in [2.75, 3.05) is 5.88 Å². The van der Waals surface area contributed by atoms with Crippen LogP contribution >= 0.6 is 23.2 Å². The minimum atomic E-state index is 0.548. The normalized spacial score (nSPS) is 11.3. The molecule has 0 aliphatic heterocycles. The quantitative estimate of drug-likeness (QED) is 0.677. The van der Waals surface area contributed by atoms with Crippen LogP contribution in [0.3, 0.4) is 0 Å². The summed E-state index contributed by atoms with van der Waals surface area (Å²) < 4.78 is 4.19. The lowest BCUT2D eigenvalue weighted by atomic mass is 10.3. The maximum Gasteiger partial charge on any atom is 0.111 e. The maximum atomic E-state index is 6.32. The van der Waals surface area contributed by atoms with Crippen LogP contribution in [0.4, 0.5) is 0 Å². The lowest BCUT2D eigenvalue weighted by Gasteiger charge is -2.09. The Morgan fingerprint density at radius 1 is 1.20 bits per heavy atom. The van der Waals surface area contributed by atoms with Gasteiger partial charge in [-0.05, 0) is 12.1 Å². The van der Waals surface area contributed by atoms with E-state index >= 15 is 0 Å². The summed E-state index contributed by atoms with van der Waals surface area (Å²) in [6.45, 7) is 1.62. The highest BCUT2D eigenvalue weighted by Crippen LogP contribution is 2.25. The molecule has 0 bridgehead atoms. The number of imidazole rings is 2. The zero-order chi connectivity index (χ0) is 13.9. The van der Waals surface area contributed by atoms with Gasteiger partial charge in [0.05, 0.1) is 22.4 Å². The van der Waals surface area contributed by atoms with E-state index in [1.165, 1.54) is 0 Å². The highest BCUT2D eigenvalue weighted by atomic mass is 35.5. The first-order valence-electron chi connectivity index (χ1n) is 6.45. The van der Waals surface area contributed by atoms with E-state index in [0.29, 0.717) is 5.88 Å². The third-order valence-corrected chi connectivity index (χ3v) is 3.75. The minimum absolute atomic E-state index is 0.548. The smallest absolute Gasteiger partial charge is 0.111 e. The van der Waals surface area contributed by atoms with Gasteiger partial charge in [0.25, 0.3) is 0 Å². The van der Waals surface area contributed by atoms with Gasteiger partial charge in [0, 0.05) is 37.8 Å². The summed E-state index contributed by atoms with van der Waals surface area (Å²) in [5, 5.41) is 0.724. The Balaban J connectivity index is 1.99. The van der Waals surface area contributed by atoms with E-state index in [0.717, 1.165) is 41.4 Å². The van der Waals surface area contributed by atoms with Crippen LogP contribution in [0.25, 0.3) is 11.0 Å². The highest BCUT2D eigenvalue weighted by molar-refractivity contribution is 6.35. The van der Waals surface area contributed by atoms with Crippen LogP contribution in [0.5, 0.6) is 0 Å². The highest BCUT2D eigenvalue weighted by Gasteiger charge is 2.12. The van der Waals surface area contributed by atoms with Crippen molar-refractivity contribution >= 4 is 34.2 Å². The van der Waals surface area contributed by atoms with Gasteiger partial charge < -0.3 is 9.13 Å². The number of rotatable bonds is 5. The first-order chi connectivity index (χ1) is 9.79. The summed E-state index contributed by atoms with van der Waals surface area (Å²) in [5.41, 5.74) is 1.90. The van der Waals surface area contributed by atoms with Crippen molar-refractivity contribution in [2.24, 2.45) is 0 Å². The van der Waals surface area contributed by atoms with Gasteiger partial charge in [0.1, 0.15) is 5.82 Å². The predicted molar refractivity (Wildman–Crippen MR) is 81.4 cm³/mol. The molecule has 3 rings (SSSR count). The molecule has 0 unspecified atom stereocenters. The summed E-state index contributed by atoms with van der Waals surface area (Å²) in [6.07, 6.45) is 6.26. The van der Waals surface area contributed by atoms with Crippen molar-refractivity contribution in [3.63, 3.8) is 0 Å². The van der Waals surface area contributed by atoms with E-state index < -0.39 is 0 Å². The fourth-order valence-corrected chi connectivity index (χ4v) is 2.78. The number of alkyl halides is 1. The molecule has 0 saturated heterocycles. The third kappa shape index (κ3) is 2.53. The van der Waals surface area contributed by atoms with Crippen LogP contribution in [0, 0.1) is 0 Å². The first kappa shape index (κ1) is 13.5. The fourth-order valence-electron chi connectivity index (χ4n) is 2.34. The Bertz CT molecular complexity index is 703. The van der Waals surface area contributed by atoms with Crippen LogP contribution in [0.2, 0.25) is 5.02 Å². The number of aryl methyl sites for hydroxylation is 3. The molecule has 0 aliphatic carbocycles. The van der Waals surface area contributed by atoms with Gasteiger partial charge in [-0.25, -0.2) is 9.97 Å². The molecule has 0 spiro atoms. The molecule has 0 N–H and O–H groups in total. The number of hydrogen-bond acceptors (Lipinski definition) is 2. The fraction of sp³-hybridized carbons (Fsp3) is 0.286. The van der Waals surface area contributed by atoms with Gasteiger partial charge in [-0.3, -0.25) is 0 Å². The van der Waals surface area contributed by atoms with Gasteiger partial charge in [-0.2, -0.15) is 0 Å². The maximum absolute atomic E-state index is 6.32. The van der Waals surface area contributed by atoms with E-state index in [-0.39, 0.29) is 0 Å². The van der Waals surface area contributed by atoms with Crippen LogP contribution < -0.4 is 0 Å². The van der Waals surface area contributed by atoms with Gasteiger partial charge in [-0.1, -0.05) is 17.7 Å². The number of aromatic nitrogens is 4. The number of nitrogens with zero attached hydrogens (tertiary/aromatic N) is 4. The average Bonchev–Trinajstić information content (AvgIpc) is 3.05. The largest absolute Gasteiger partial charge is 0.336 e. The van der Waals surface area contributed by atoms with Crippen molar-refractivity contribution in [1.29, 1.82) is 0 Å². The van der Waals surface area contributed by atoms with Crippen molar-refractivity contribution in [1.82, 2.24) is 19.1 Å². The molecular formula is C14H14Cl2N4. The summed E-state index contributed by atoms with van der Waals surface area (Å²) in [5.74, 6) is 1.52. The SMILES string of the molecule is ClCCc1nc2cccc(Cl)c2n1CCn1ccnc1. The van der Waals surface area contributed by atoms with E-state index in [2.05, 4.69) is 14.5 Å². The number of benzene rings is 1. The van der Waals surface area contributed by atoms with Crippen molar-refractivity contribution in [2.45, 2.75) is 19.5 Å². The van der Waals surface area contributed by atoms with Gasteiger partial charge in [0.15, 0.2) is 0 Å². The van der Waals surface area contributed by atoms with Crippen LogP contribution in [0.15, 0.2) is 36.9 Å². The standard InChI is InChI=1S/C14H14Cl2N4/c15-5-4-13-18-12-3-1-2-11(16)14(12)20(13)9-8-19-7-6-17-10-19/h1-3,6-7,10H,4-5,8-9H2. The van der Waals surface area contributed by atoms with Gasteiger partial charge in [0.2, 0.25) is 0 Å². The number of para-hydroxylation sites is 1. The second-order valence-electron chi connectivity index (χ2n) is 4.53. The monoisotopic (exact) mass is 308 g/mol. The van der Waals surface area contributed by atoms with Crippen molar-refractivity contribution in [3.05, 3.63) is 47.8 Å². The zero-order valence-electron chi connectivity index (χ0n) is 10.8. The topological polar surface area (TPSA) is 35.6 Å². The van der Waals surface area contributed by atoms with Gasteiger partial charge in [-0.15, -0.1) is 11.6 Å². The Hall–Kier alpha value is -1.52. The molecule has 1 aromatic carbocycles. The summed E-state index contributed by atoms with van der Waals surface area (Å²) in [6, 6.07) is 5.79. The zero-order valence-corrected chi connectivity index (χ0v) is 12.3. The molecule has 0 atom stereocenters. The lowest BCUT2D eigenvalue weighted by Crippen LogP contribution is -2.10. The Labute approximate surface area is 127 Å². The molecule has 2 aromatic heterocycles. The summed E-state index contributed by atoms with van der Waals surface area (Å²) in [7, 11) is 0. The second-order valence-corrected chi connectivity index (χ2v) is 5.31. The molecule has 0 aliphatic rings. The van der Waals surface area contributed by atoms with E-state index in [1.807, 2.05) is 35.3 Å². The summed E-state index contributed by atoms with van der Waals surface area (Å²) in [4.78, 5) is 8.68. The molecule has 104 valence electrons. The molecule has 0 fully saturated rings. The van der Waals surface area contributed by atoms with Crippen LogP contribution in [-0.4, -0.2) is 25.0 Å². The third-order valence-electron chi connectivity index (χ3n) is 3.26. The molecule has 0 radical (unpaired) electrons. The second kappa shape index (κ2) is 5.85. The Morgan fingerprint density at radius 2 is 2.10 bits per heavy atom. The van der Waals surface area contributed by atoms with Gasteiger partial charge >= 0.3 is 0 Å². The van der Waals surface area contributed by atoms with Crippen molar-refractivity contribution in [3.8, 4) is 0 Å². The predicted octanol–water partition coefficient (Wildman–Crippen LogP) is 3.37. The Morgan fingerprint density at radius 3 is 2.85 bits per heavy atom. The van der Waals surface area contributed by atoms with E-state index in [4.69, 9.17) is 23.2 Å². The van der Waals surface area contributed by atoms with Crippen LogP contribution in [0.1, 0.15) is 5.82 Å². The average molecular weight is 309 g/mol. The molecule has 0 saturated carbocycles. The minimum Gasteiger partial charge on any atom is -0.336 e. The molecule has 2 heterocycles. The lowest BCUT2D eigenvalue weighted by molar-refractivity contribution is 0.572. The van der Waals surface area contributed by atoms with E-state index in [9.17, 15) is 0 Å². The molecule has 6 heteroatoms. The molecule has 20 heavy (non-hydrogen) atoms. The van der Waals surface area contributed by atoms with E-state index in [1.54, 1.807) is 6.20 Å². The molecular weight excluding hydrogens is 295 g/mol.